The predicted octanol–water partition coefficient (Wildman–Crippen LogP) is 1.49. The van der Waals surface area contributed by atoms with Gasteiger partial charge in [-0.25, -0.2) is 0 Å². The second-order valence-corrected chi connectivity index (χ2v) is 5.47. The lowest BCUT2D eigenvalue weighted by Gasteiger charge is -2.55. The minimum Gasteiger partial charge on any atom is -0.380 e. The van der Waals surface area contributed by atoms with Crippen molar-refractivity contribution < 1.29 is 9.47 Å². The molecule has 18 heavy (non-hydrogen) atoms. The molecule has 0 bridgehead atoms. The van der Waals surface area contributed by atoms with Crippen LogP contribution in [0.4, 0.5) is 0 Å². The average Bonchev–Trinajstić information content (AvgIpc) is 2.30. The van der Waals surface area contributed by atoms with Crippen LogP contribution in [0, 0.1) is 5.41 Å². The van der Waals surface area contributed by atoms with Crippen molar-refractivity contribution in [2.75, 3.05) is 39.5 Å². The topological polar surface area (TPSA) is 34.6 Å². The number of nitrogens with zero attached hydrogens (tertiary/aromatic N) is 2. The van der Waals surface area contributed by atoms with Crippen molar-refractivity contribution in [2.24, 2.45) is 5.41 Å². The number of hydrogen-bond acceptors (Lipinski definition) is 4. The fourth-order valence-electron chi connectivity index (χ4n) is 2.69. The average molecular weight is 248 g/mol. The lowest BCUT2D eigenvalue weighted by molar-refractivity contribution is -0.191. The van der Waals surface area contributed by atoms with Crippen LogP contribution in [0.15, 0.2) is 24.4 Å². The van der Waals surface area contributed by atoms with Gasteiger partial charge in [-0.1, -0.05) is 6.07 Å². The Balaban J connectivity index is 1.35. The summed E-state index contributed by atoms with van der Waals surface area (Å²) in [6.45, 7) is 8.10. The Morgan fingerprint density at radius 1 is 1.44 bits per heavy atom. The molecule has 1 aromatic rings. The van der Waals surface area contributed by atoms with Gasteiger partial charge in [0.1, 0.15) is 0 Å². The van der Waals surface area contributed by atoms with Gasteiger partial charge in [-0.05, 0) is 19.1 Å². The van der Waals surface area contributed by atoms with Gasteiger partial charge in [0.05, 0.1) is 31.6 Å². The van der Waals surface area contributed by atoms with E-state index in [9.17, 15) is 0 Å². The molecule has 1 atom stereocenters. The van der Waals surface area contributed by atoms with E-state index in [4.69, 9.17) is 9.47 Å². The minimum atomic E-state index is 0.0773. The molecule has 2 aliphatic heterocycles. The number of pyridine rings is 1. The fourth-order valence-corrected chi connectivity index (χ4v) is 2.69. The summed E-state index contributed by atoms with van der Waals surface area (Å²) in [4.78, 5) is 6.74. The number of ether oxygens (including phenoxy) is 2. The zero-order valence-corrected chi connectivity index (χ0v) is 10.8. The van der Waals surface area contributed by atoms with E-state index >= 15 is 0 Å². The van der Waals surface area contributed by atoms with Gasteiger partial charge in [-0.15, -0.1) is 0 Å². The van der Waals surface area contributed by atoms with Gasteiger partial charge >= 0.3 is 0 Å². The molecule has 2 aliphatic rings. The first-order valence-corrected chi connectivity index (χ1v) is 6.60. The Bertz CT molecular complexity index is 384. The van der Waals surface area contributed by atoms with Crippen molar-refractivity contribution in [3.05, 3.63) is 30.1 Å². The summed E-state index contributed by atoms with van der Waals surface area (Å²) in [5.41, 5.74) is 1.51. The minimum absolute atomic E-state index is 0.0773. The first kappa shape index (κ1) is 12.1. The van der Waals surface area contributed by atoms with Crippen molar-refractivity contribution in [3.63, 3.8) is 0 Å². The van der Waals surface area contributed by atoms with Crippen LogP contribution in [0.5, 0.6) is 0 Å². The van der Waals surface area contributed by atoms with Crippen molar-refractivity contribution in [1.29, 1.82) is 0 Å². The zero-order chi connectivity index (χ0) is 12.4. The number of likely N-dealkylation sites (tertiary alicyclic amines) is 1. The van der Waals surface area contributed by atoms with Crippen LogP contribution in [-0.2, 0) is 9.47 Å². The van der Waals surface area contributed by atoms with Crippen LogP contribution in [0.25, 0.3) is 0 Å². The molecule has 3 rings (SSSR count). The van der Waals surface area contributed by atoms with Crippen LogP contribution >= 0.6 is 0 Å². The van der Waals surface area contributed by atoms with Crippen molar-refractivity contribution in [2.45, 2.75) is 13.0 Å². The standard InChI is InChI=1S/C14H20N2O2/c1-12(13-4-2-3-5-15-13)18-7-6-16-8-14(9-16)10-17-11-14/h2-5,12H,6-11H2,1H3. The van der Waals surface area contributed by atoms with E-state index in [1.54, 1.807) is 0 Å². The quantitative estimate of drug-likeness (QED) is 0.791. The highest BCUT2D eigenvalue weighted by Crippen LogP contribution is 2.37. The highest BCUT2D eigenvalue weighted by molar-refractivity contribution is 5.06. The Hall–Kier alpha value is -0.970. The monoisotopic (exact) mass is 248 g/mol. The molecule has 3 heterocycles. The molecule has 0 N–H and O–H groups in total. The highest BCUT2D eigenvalue weighted by atomic mass is 16.5. The summed E-state index contributed by atoms with van der Waals surface area (Å²) in [6.07, 6.45) is 1.89. The van der Waals surface area contributed by atoms with E-state index < -0.39 is 0 Å². The summed E-state index contributed by atoms with van der Waals surface area (Å²) < 4.78 is 11.1. The summed E-state index contributed by atoms with van der Waals surface area (Å²) >= 11 is 0. The lowest BCUT2D eigenvalue weighted by atomic mass is 9.78. The van der Waals surface area contributed by atoms with Crippen molar-refractivity contribution >= 4 is 0 Å². The number of hydrogen-bond donors (Lipinski definition) is 0. The van der Waals surface area contributed by atoms with Gasteiger partial charge in [-0.2, -0.15) is 0 Å². The van der Waals surface area contributed by atoms with Gasteiger partial charge in [0.25, 0.3) is 0 Å². The summed E-state index contributed by atoms with van der Waals surface area (Å²) in [7, 11) is 0. The van der Waals surface area contributed by atoms with Gasteiger partial charge in [0, 0.05) is 31.2 Å². The van der Waals surface area contributed by atoms with Crippen LogP contribution in [-0.4, -0.2) is 49.3 Å². The van der Waals surface area contributed by atoms with Gasteiger partial charge in [0.15, 0.2) is 0 Å². The maximum atomic E-state index is 5.82. The van der Waals surface area contributed by atoms with Crippen LogP contribution < -0.4 is 0 Å². The maximum Gasteiger partial charge on any atom is 0.0967 e. The molecule has 1 aromatic heterocycles. The first-order chi connectivity index (χ1) is 8.77. The maximum absolute atomic E-state index is 5.82. The Kier molecular flexibility index (Phi) is 3.33. The smallest absolute Gasteiger partial charge is 0.0967 e. The van der Waals surface area contributed by atoms with E-state index in [1.165, 1.54) is 13.1 Å². The van der Waals surface area contributed by atoms with E-state index in [0.717, 1.165) is 32.1 Å². The van der Waals surface area contributed by atoms with Crippen LogP contribution in [0.3, 0.4) is 0 Å². The van der Waals surface area contributed by atoms with Crippen LogP contribution in [0.1, 0.15) is 18.7 Å². The zero-order valence-electron chi connectivity index (χ0n) is 10.8. The molecular formula is C14H20N2O2. The van der Waals surface area contributed by atoms with E-state index in [2.05, 4.69) is 16.8 Å². The molecule has 1 unspecified atom stereocenters. The number of rotatable bonds is 5. The molecule has 98 valence electrons. The Morgan fingerprint density at radius 3 is 2.89 bits per heavy atom. The largest absolute Gasteiger partial charge is 0.380 e. The molecule has 1 spiro atoms. The van der Waals surface area contributed by atoms with Crippen molar-refractivity contribution in [1.82, 2.24) is 9.88 Å². The summed E-state index contributed by atoms with van der Waals surface area (Å²) in [6, 6.07) is 5.93. The third-order valence-electron chi connectivity index (χ3n) is 3.81. The predicted molar refractivity (Wildman–Crippen MR) is 68.3 cm³/mol. The fraction of sp³-hybridized carbons (Fsp3) is 0.643. The molecule has 4 heteroatoms. The summed E-state index contributed by atoms with van der Waals surface area (Å²) in [5.74, 6) is 0. The SMILES string of the molecule is CC(OCCN1CC2(COC2)C1)c1ccccn1. The molecule has 0 aliphatic carbocycles. The molecule has 2 saturated heterocycles. The number of aromatic nitrogens is 1. The molecule has 0 aromatic carbocycles. The lowest BCUT2D eigenvalue weighted by Crippen LogP contribution is -2.66. The third-order valence-corrected chi connectivity index (χ3v) is 3.81. The summed E-state index contributed by atoms with van der Waals surface area (Å²) in [5, 5.41) is 0. The second-order valence-electron chi connectivity index (χ2n) is 5.47. The van der Waals surface area contributed by atoms with Crippen LogP contribution in [0.2, 0.25) is 0 Å². The molecule has 0 radical (unpaired) electrons. The molecule has 4 nitrogen and oxygen atoms in total. The molecule has 0 saturated carbocycles. The van der Waals surface area contributed by atoms with E-state index in [0.29, 0.717) is 5.41 Å². The Morgan fingerprint density at radius 2 is 2.28 bits per heavy atom. The molecule has 2 fully saturated rings. The Labute approximate surface area is 108 Å². The van der Waals surface area contributed by atoms with Gasteiger partial charge in [0.2, 0.25) is 0 Å². The molecular weight excluding hydrogens is 228 g/mol. The van der Waals surface area contributed by atoms with Crippen molar-refractivity contribution in [3.8, 4) is 0 Å². The van der Waals surface area contributed by atoms with Gasteiger partial charge in [-0.3, -0.25) is 9.88 Å². The highest BCUT2D eigenvalue weighted by Gasteiger charge is 2.48. The first-order valence-electron chi connectivity index (χ1n) is 6.60. The normalized spacial score (nSPS) is 23.4. The van der Waals surface area contributed by atoms with E-state index in [-0.39, 0.29) is 6.10 Å². The van der Waals surface area contributed by atoms with E-state index in [1.807, 2.05) is 24.4 Å². The molecule has 0 amide bonds. The second kappa shape index (κ2) is 4.96. The third kappa shape index (κ3) is 2.41. The van der Waals surface area contributed by atoms with Gasteiger partial charge < -0.3 is 9.47 Å².